The van der Waals surface area contributed by atoms with Gasteiger partial charge in [0.2, 0.25) is 0 Å². The second-order valence-corrected chi connectivity index (χ2v) is 7.60. The number of allylic oxidation sites excluding steroid dienone is 4. The molecule has 0 saturated heterocycles. The topological polar surface area (TPSA) is 55.8 Å². The van der Waals surface area contributed by atoms with Gasteiger partial charge in [0, 0.05) is 43.7 Å². The van der Waals surface area contributed by atoms with E-state index < -0.39 is 11.3 Å². The third-order valence-corrected chi connectivity index (χ3v) is 5.67. The molecule has 0 N–H and O–H groups in total. The van der Waals surface area contributed by atoms with Crippen molar-refractivity contribution in [2.24, 2.45) is 0 Å². The van der Waals surface area contributed by atoms with Crippen LogP contribution in [0.25, 0.3) is 0 Å². The van der Waals surface area contributed by atoms with E-state index in [-0.39, 0.29) is 5.91 Å². The number of nitrogens with zero attached hydrogens (tertiary/aromatic N) is 1. The Morgan fingerprint density at radius 3 is 2.61 bits per heavy atom. The van der Waals surface area contributed by atoms with Crippen LogP contribution < -0.4 is 0 Å². The number of ether oxygens (including phenoxy) is 2. The van der Waals surface area contributed by atoms with Crippen molar-refractivity contribution < 1.29 is 19.1 Å². The zero-order valence-corrected chi connectivity index (χ0v) is 18.1. The zero-order chi connectivity index (χ0) is 20.8. The van der Waals surface area contributed by atoms with E-state index in [0.29, 0.717) is 36.9 Å². The zero-order valence-electron chi connectivity index (χ0n) is 16.5. The lowest BCUT2D eigenvalue weighted by Crippen LogP contribution is -2.66. The van der Waals surface area contributed by atoms with Crippen LogP contribution >= 0.6 is 15.9 Å². The van der Waals surface area contributed by atoms with Crippen molar-refractivity contribution >= 4 is 28.1 Å². The number of amides is 1. The molecule has 5 nitrogen and oxygen atoms in total. The van der Waals surface area contributed by atoms with E-state index >= 15 is 0 Å². The van der Waals surface area contributed by atoms with E-state index in [1.807, 2.05) is 25.2 Å². The number of likely N-dealkylation sites (N-methyl/N-ethyl adjacent to an activating group) is 1. The van der Waals surface area contributed by atoms with Gasteiger partial charge >= 0.3 is 0 Å². The lowest BCUT2D eigenvalue weighted by molar-refractivity contribution is -0.293. The highest BCUT2D eigenvalue weighted by Crippen LogP contribution is 2.49. The molecule has 1 saturated carbocycles. The van der Waals surface area contributed by atoms with Crippen LogP contribution in [0.2, 0.25) is 0 Å². The molecule has 0 bridgehead atoms. The van der Waals surface area contributed by atoms with E-state index in [0.717, 1.165) is 4.48 Å². The number of rotatable bonds is 9. The summed E-state index contributed by atoms with van der Waals surface area (Å²) in [6, 6.07) is 6.79. The molecule has 1 fully saturated rings. The Morgan fingerprint density at radius 2 is 2.04 bits per heavy atom. The maximum Gasteiger partial charge on any atom is 0.255 e. The van der Waals surface area contributed by atoms with Crippen LogP contribution in [-0.4, -0.2) is 49.2 Å². The quantitative estimate of drug-likeness (QED) is 0.317. The second-order valence-electron chi connectivity index (χ2n) is 6.69. The highest BCUT2D eigenvalue weighted by molar-refractivity contribution is 9.11. The Bertz CT molecular complexity index is 793. The molecule has 150 valence electrons. The van der Waals surface area contributed by atoms with Crippen LogP contribution in [0.15, 0.2) is 59.6 Å². The predicted octanol–water partition coefficient (Wildman–Crippen LogP) is 4.50. The molecule has 0 atom stereocenters. The number of carbonyl (C=O) groups excluding carboxylic acids is 2. The fraction of sp³-hybridized carbons (Fsp3) is 0.364. The standard InChI is InChI=1S/C22H26BrNO4/c1-5-18(23)11-9-13-21(15-22(16-21,27-4)28-6-2)24(3)20(26)19-12-8-7-10-17(19)14-25/h5,7-14H,1,6,15-16H2,2-4H3/b13-9+,18-11+. The molecule has 1 aromatic carbocycles. The first kappa shape index (κ1) is 22.3. The summed E-state index contributed by atoms with van der Waals surface area (Å²) >= 11 is 3.39. The van der Waals surface area contributed by atoms with Gasteiger partial charge in [0.05, 0.1) is 11.1 Å². The van der Waals surface area contributed by atoms with Gasteiger partial charge in [-0.05, 0) is 19.1 Å². The van der Waals surface area contributed by atoms with Crippen LogP contribution in [0.1, 0.15) is 40.5 Å². The molecule has 1 amide bonds. The van der Waals surface area contributed by atoms with Gasteiger partial charge in [0.25, 0.3) is 5.91 Å². The number of aldehydes is 1. The summed E-state index contributed by atoms with van der Waals surface area (Å²) in [5, 5.41) is 0. The maximum atomic E-state index is 13.2. The van der Waals surface area contributed by atoms with Gasteiger partial charge in [-0.3, -0.25) is 9.59 Å². The van der Waals surface area contributed by atoms with E-state index in [2.05, 4.69) is 22.5 Å². The van der Waals surface area contributed by atoms with Crippen molar-refractivity contribution in [1.29, 1.82) is 0 Å². The minimum absolute atomic E-state index is 0.222. The number of halogens is 1. The minimum atomic E-state index is -0.725. The molecule has 0 heterocycles. The average molecular weight is 448 g/mol. The smallest absolute Gasteiger partial charge is 0.255 e. The Morgan fingerprint density at radius 1 is 1.36 bits per heavy atom. The summed E-state index contributed by atoms with van der Waals surface area (Å²) in [6.45, 7) is 6.13. The first-order valence-corrected chi connectivity index (χ1v) is 9.85. The molecule has 0 spiro atoms. The van der Waals surface area contributed by atoms with E-state index in [9.17, 15) is 9.59 Å². The Balaban J connectivity index is 2.37. The maximum absolute atomic E-state index is 13.2. The monoisotopic (exact) mass is 447 g/mol. The third kappa shape index (κ3) is 4.51. The molecule has 0 unspecified atom stereocenters. The summed E-state index contributed by atoms with van der Waals surface area (Å²) in [5.74, 6) is -0.947. The van der Waals surface area contributed by atoms with Gasteiger partial charge in [-0.1, -0.05) is 58.9 Å². The molecule has 2 rings (SSSR count). The first-order chi connectivity index (χ1) is 13.4. The van der Waals surface area contributed by atoms with Gasteiger partial charge in [0.15, 0.2) is 12.1 Å². The van der Waals surface area contributed by atoms with Crippen LogP contribution in [0.4, 0.5) is 0 Å². The number of benzene rings is 1. The fourth-order valence-electron chi connectivity index (χ4n) is 3.48. The lowest BCUT2D eigenvalue weighted by atomic mass is 9.69. The van der Waals surface area contributed by atoms with Crippen molar-refractivity contribution in [3.8, 4) is 0 Å². The summed E-state index contributed by atoms with van der Waals surface area (Å²) < 4.78 is 12.2. The molecule has 0 aliphatic heterocycles. The first-order valence-electron chi connectivity index (χ1n) is 9.06. The molecule has 1 aliphatic rings. The Hall–Kier alpha value is -2.02. The second kappa shape index (κ2) is 9.45. The van der Waals surface area contributed by atoms with Gasteiger partial charge in [-0.2, -0.15) is 0 Å². The summed E-state index contributed by atoms with van der Waals surface area (Å²) in [5.41, 5.74) is 0.153. The summed E-state index contributed by atoms with van der Waals surface area (Å²) in [6.07, 6.45) is 9.08. The van der Waals surface area contributed by atoms with E-state index in [1.54, 1.807) is 49.4 Å². The lowest BCUT2D eigenvalue weighted by Gasteiger charge is -2.56. The number of methoxy groups -OCH3 is 1. The number of hydrogen-bond acceptors (Lipinski definition) is 4. The van der Waals surface area contributed by atoms with Gasteiger partial charge in [0.1, 0.15) is 0 Å². The van der Waals surface area contributed by atoms with Crippen molar-refractivity contribution in [2.75, 3.05) is 20.8 Å². The average Bonchev–Trinajstić information content (AvgIpc) is 2.70. The highest BCUT2D eigenvalue weighted by Gasteiger charge is 2.58. The largest absolute Gasteiger partial charge is 0.353 e. The highest BCUT2D eigenvalue weighted by atomic mass is 79.9. The number of hydrogen-bond donors (Lipinski definition) is 0. The Kier molecular flexibility index (Phi) is 7.52. The van der Waals surface area contributed by atoms with Crippen LogP contribution in [0, 0.1) is 0 Å². The van der Waals surface area contributed by atoms with Crippen molar-refractivity contribution in [1.82, 2.24) is 4.90 Å². The molecule has 0 radical (unpaired) electrons. The molecule has 6 heteroatoms. The SMILES string of the molecule is C=C/C(Br)=C\C=C\C1(N(C)C(=O)c2ccccc2C=O)CC(OC)(OCC)C1. The van der Waals surface area contributed by atoms with E-state index in [4.69, 9.17) is 9.47 Å². The fourth-order valence-corrected chi connectivity index (χ4v) is 3.63. The van der Waals surface area contributed by atoms with Crippen molar-refractivity contribution in [2.45, 2.75) is 31.1 Å². The molecular weight excluding hydrogens is 422 g/mol. The molecule has 1 aromatic rings. The minimum Gasteiger partial charge on any atom is -0.353 e. The molecule has 28 heavy (non-hydrogen) atoms. The van der Waals surface area contributed by atoms with Gasteiger partial charge in [-0.25, -0.2) is 0 Å². The van der Waals surface area contributed by atoms with Crippen molar-refractivity contribution in [3.63, 3.8) is 0 Å². The van der Waals surface area contributed by atoms with Crippen LogP contribution in [0.3, 0.4) is 0 Å². The number of carbonyl (C=O) groups is 2. The van der Waals surface area contributed by atoms with Crippen LogP contribution in [-0.2, 0) is 9.47 Å². The Labute approximate surface area is 174 Å². The molecular formula is C22H26BrNO4. The van der Waals surface area contributed by atoms with Gasteiger partial charge < -0.3 is 14.4 Å². The van der Waals surface area contributed by atoms with Crippen molar-refractivity contribution in [3.05, 3.63) is 70.8 Å². The van der Waals surface area contributed by atoms with E-state index in [1.165, 1.54) is 0 Å². The molecule has 1 aliphatic carbocycles. The summed E-state index contributed by atoms with van der Waals surface area (Å²) in [7, 11) is 3.35. The van der Waals surface area contributed by atoms with Crippen LogP contribution in [0.5, 0.6) is 0 Å². The predicted molar refractivity (Wildman–Crippen MR) is 114 cm³/mol. The summed E-state index contributed by atoms with van der Waals surface area (Å²) in [4.78, 5) is 26.2. The third-order valence-electron chi connectivity index (χ3n) is 5.08. The van der Waals surface area contributed by atoms with Gasteiger partial charge in [-0.15, -0.1) is 0 Å². The normalized spacial score (nSPS) is 24.6. The molecule has 0 aromatic heterocycles.